The lowest BCUT2D eigenvalue weighted by Gasteiger charge is -2.30. The van der Waals surface area contributed by atoms with Gasteiger partial charge in [-0.2, -0.15) is 9.40 Å². The molecule has 10 heteroatoms. The van der Waals surface area contributed by atoms with E-state index in [2.05, 4.69) is 16.9 Å². The van der Waals surface area contributed by atoms with Gasteiger partial charge in [0.05, 0.1) is 18.0 Å². The van der Waals surface area contributed by atoms with E-state index < -0.39 is 16.0 Å². The number of sulfonamides is 1. The van der Waals surface area contributed by atoms with Gasteiger partial charge in [-0.25, -0.2) is 17.9 Å². The zero-order chi connectivity index (χ0) is 25.4. The van der Waals surface area contributed by atoms with Crippen LogP contribution in [0.3, 0.4) is 0 Å². The molecule has 5 rings (SSSR count). The second-order valence-electron chi connectivity index (χ2n) is 8.99. The molecule has 2 aliphatic heterocycles. The Morgan fingerprint density at radius 1 is 1.14 bits per heavy atom. The van der Waals surface area contributed by atoms with Crippen LogP contribution in [-0.4, -0.2) is 54.7 Å². The van der Waals surface area contributed by atoms with Crippen molar-refractivity contribution in [2.24, 2.45) is 0 Å². The molecule has 190 valence electrons. The number of para-hydroxylation sites is 1. The molecule has 1 aromatic heterocycles. The van der Waals surface area contributed by atoms with Crippen molar-refractivity contribution in [3.8, 4) is 11.4 Å². The highest BCUT2D eigenvalue weighted by atomic mass is 32.2. The largest absolute Gasteiger partial charge is 0.485 e. The van der Waals surface area contributed by atoms with Crippen molar-refractivity contribution >= 4 is 27.4 Å². The summed E-state index contributed by atoms with van der Waals surface area (Å²) in [5, 5.41) is 4.42. The maximum atomic E-state index is 13.9. The Hall–Kier alpha value is -3.37. The third kappa shape index (κ3) is 4.14. The predicted octanol–water partition coefficient (Wildman–Crippen LogP) is 4.27. The quantitative estimate of drug-likeness (QED) is 0.457. The van der Waals surface area contributed by atoms with Crippen LogP contribution in [0, 0.1) is 0 Å². The fourth-order valence-electron chi connectivity index (χ4n) is 4.77. The van der Waals surface area contributed by atoms with E-state index in [1.807, 2.05) is 30.3 Å². The van der Waals surface area contributed by atoms with E-state index in [-0.39, 0.29) is 29.8 Å². The summed E-state index contributed by atoms with van der Waals surface area (Å²) in [6.45, 7) is 4.79. The monoisotopic (exact) mass is 510 g/mol. The first-order valence-corrected chi connectivity index (χ1v) is 13.7. The fraction of sp³-hybridized carbons (Fsp3) is 0.385. The average molecular weight is 511 g/mol. The molecule has 0 amide bonds. The second-order valence-corrected chi connectivity index (χ2v) is 11.0. The Bertz CT molecular complexity index is 1390. The molecule has 3 aromatic rings. The fourth-order valence-corrected chi connectivity index (χ4v) is 6.33. The molecule has 0 bridgehead atoms. The number of fused-ring (bicyclic) bond motifs is 4. The molecule has 0 unspecified atom stereocenters. The molecule has 0 fully saturated rings. The summed E-state index contributed by atoms with van der Waals surface area (Å²) < 4.78 is 42.0. The molecule has 0 saturated carbocycles. The molecule has 1 atom stereocenters. The van der Waals surface area contributed by atoms with Crippen molar-refractivity contribution in [1.82, 2.24) is 14.1 Å². The van der Waals surface area contributed by atoms with E-state index >= 15 is 0 Å². The molecule has 36 heavy (non-hydrogen) atoms. The van der Waals surface area contributed by atoms with Gasteiger partial charge in [0, 0.05) is 31.4 Å². The van der Waals surface area contributed by atoms with Gasteiger partial charge < -0.3 is 14.4 Å². The van der Waals surface area contributed by atoms with Gasteiger partial charge in [-0.05, 0) is 37.6 Å². The van der Waals surface area contributed by atoms with E-state index in [0.29, 0.717) is 29.4 Å². The summed E-state index contributed by atoms with van der Waals surface area (Å²) in [4.78, 5) is 14.5. The van der Waals surface area contributed by atoms with Gasteiger partial charge in [0.25, 0.3) is 0 Å². The Kier molecular flexibility index (Phi) is 6.48. The third-order valence-corrected chi connectivity index (χ3v) is 8.67. The highest BCUT2D eigenvalue weighted by Crippen LogP contribution is 2.43. The number of nitrogens with zero attached hydrogens (tertiary/aromatic N) is 4. The van der Waals surface area contributed by atoms with Crippen molar-refractivity contribution < 1.29 is 22.7 Å². The van der Waals surface area contributed by atoms with Crippen molar-refractivity contribution in [3.63, 3.8) is 0 Å². The minimum Gasteiger partial charge on any atom is -0.485 e. The van der Waals surface area contributed by atoms with E-state index in [0.717, 1.165) is 24.9 Å². The number of carbonyl (C=O) groups excluding carboxylic acids is 1. The molecule has 0 saturated heterocycles. The topological polar surface area (TPSA) is 94.0 Å². The van der Waals surface area contributed by atoms with E-state index in [9.17, 15) is 13.2 Å². The molecule has 0 N–H and O–H groups in total. The van der Waals surface area contributed by atoms with Gasteiger partial charge in [0.1, 0.15) is 22.9 Å². The first-order valence-electron chi connectivity index (χ1n) is 12.2. The first kappa shape index (κ1) is 24.3. The van der Waals surface area contributed by atoms with E-state index in [1.54, 1.807) is 36.9 Å². The van der Waals surface area contributed by atoms with Crippen LogP contribution in [0.5, 0.6) is 5.75 Å². The number of ether oxygens (including phenoxy) is 2. The lowest BCUT2D eigenvalue weighted by Crippen LogP contribution is -2.40. The normalized spacial score (nSPS) is 18.4. The Balaban J connectivity index is 1.68. The van der Waals surface area contributed by atoms with Crippen LogP contribution >= 0.6 is 0 Å². The van der Waals surface area contributed by atoms with Gasteiger partial charge in [0.2, 0.25) is 10.0 Å². The van der Waals surface area contributed by atoms with Crippen LogP contribution in [0.25, 0.3) is 5.69 Å². The Morgan fingerprint density at radius 3 is 2.64 bits per heavy atom. The van der Waals surface area contributed by atoms with Crippen LogP contribution in [0.1, 0.15) is 49.3 Å². The molecule has 9 nitrogen and oxygen atoms in total. The lowest BCUT2D eigenvalue weighted by molar-refractivity contribution is 0.0519. The van der Waals surface area contributed by atoms with E-state index in [1.165, 1.54) is 4.31 Å². The van der Waals surface area contributed by atoms with Gasteiger partial charge in [-0.3, -0.25) is 0 Å². The van der Waals surface area contributed by atoms with Crippen LogP contribution in [0.4, 0.5) is 11.4 Å². The molecule has 2 aliphatic rings. The zero-order valence-electron chi connectivity index (χ0n) is 20.7. The number of esters is 1. The standard InChI is InChI=1S/C26H30N4O5S/c1-4-6-10-19-16-29(18-11-8-7-9-12-18)23-14-24-22(15-25(23)36(32,33)28(19)3)30-20(17-35-24)13-21(27-30)26(31)34-5-2/h7-9,11-15,19H,4-6,10,16-17H2,1-3H3/t19-/m1/s1. The second kappa shape index (κ2) is 9.59. The van der Waals surface area contributed by atoms with Gasteiger partial charge in [-0.1, -0.05) is 38.0 Å². The van der Waals surface area contributed by atoms with Gasteiger partial charge in [-0.15, -0.1) is 0 Å². The van der Waals surface area contributed by atoms with Crippen molar-refractivity contribution in [2.45, 2.75) is 50.7 Å². The van der Waals surface area contributed by atoms with Gasteiger partial charge >= 0.3 is 5.97 Å². The molecule has 3 heterocycles. The summed E-state index contributed by atoms with van der Waals surface area (Å²) in [5.41, 5.74) is 2.75. The number of rotatable bonds is 6. The highest BCUT2D eigenvalue weighted by Gasteiger charge is 2.38. The number of hydrogen-bond acceptors (Lipinski definition) is 7. The number of aromatic nitrogens is 2. The summed E-state index contributed by atoms with van der Waals surface area (Å²) >= 11 is 0. The van der Waals surface area contributed by atoms with Crippen molar-refractivity contribution in [1.29, 1.82) is 0 Å². The SMILES string of the molecule is CCCC[C@@H]1CN(c2ccccc2)c2cc3c(cc2S(=O)(=O)N1C)-n1nc(C(=O)OCC)cc1CO3. The molecule has 0 radical (unpaired) electrons. The zero-order valence-corrected chi connectivity index (χ0v) is 21.5. The number of anilines is 2. The third-order valence-electron chi connectivity index (χ3n) is 6.73. The summed E-state index contributed by atoms with van der Waals surface area (Å²) in [5.74, 6) is -0.0253. The van der Waals surface area contributed by atoms with Crippen molar-refractivity contribution in [2.75, 3.05) is 25.1 Å². The maximum Gasteiger partial charge on any atom is 0.358 e. The minimum absolute atomic E-state index is 0.156. The smallest absolute Gasteiger partial charge is 0.358 e. The number of hydrogen-bond donors (Lipinski definition) is 0. The molecule has 0 spiro atoms. The minimum atomic E-state index is -3.83. The summed E-state index contributed by atoms with van der Waals surface area (Å²) in [6, 6.07) is 14.6. The van der Waals surface area contributed by atoms with Crippen LogP contribution in [0.15, 0.2) is 53.4 Å². The molecule has 2 aromatic carbocycles. The summed E-state index contributed by atoms with van der Waals surface area (Å²) in [7, 11) is -2.17. The highest BCUT2D eigenvalue weighted by molar-refractivity contribution is 7.89. The van der Waals surface area contributed by atoms with Crippen molar-refractivity contribution in [3.05, 3.63) is 59.9 Å². The van der Waals surface area contributed by atoms with Crippen LogP contribution < -0.4 is 9.64 Å². The number of likely N-dealkylation sites (N-methyl/N-ethyl adjacent to an activating group) is 1. The van der Waals surface area contributed by atoms with E-state index in [4.69, 9.17) is 9.47 Å². The predicted molar refractivity (Wildman–Crippen MR) is 136 cm³/mol. The number of benzene rings is 2. The molecular formula is C26H30N4O5S. The van der Waals surface area contributed by atoms with Crippen LogP contribution in [-0.2, 0) is 21.4 Å². The molecule has 0 aliphatic carbocycles. The number of unbranched alkanes of at least 4 members (excludes halogenated alkanes) is 1. The maximum absolute atomic E-state index is 13.9. The lowest BCUT2D eigenvalue weighted by atomic mass is 10.1. The average Bonchev–Trinajstić information content (AvgIpc) is 3.31. The van der Waals surface area contributed by atoms with Gasteiger partial charge in [0.15, 0.2) is 5.69 Å². The number of carbonyl (C=O) groups is 1. The Morgan fingerprint density at radius 2 is 1.92 bits per heavy atom. The first-order chi connectivity index (χ1) is 17.3. The summed E-state index contributed by atoms with van der Waals surface area (Å²) in [6.07, 6.45) is 2.66. The van der Waals surface area contributed by atoms with Crippen LogP contribution in [0.2, 0.25) is 0 Å². The Labute approximate surface area is 211 Å². The molecular weight excluding hydrogens is 480 g/mol.